The van der Waals surface area contributed by atoms with Gasteiger partial charge in [0.1, 0.15) is 24.0 Å². The van der Waals surface area contributed by atoms with Gasteiger partial charge in [-0.15, -0.1) is 0 Å². The molecule has 106 valence electrons. The summed E-state index contributed by atoms with van der Waals surface area (Å²) in [6.07, 6.45) is 1.48. The monoisotopic (exact) mass is 430 g/mol. The lowest BCUT2D eigenvalue weighted by Gasteiger charge is -2.05. The highest BCUT2D eigenvalue weighted by molar-refractivity contribution is 14.2. The first-order valence-corrected chi connectivity index (χ1v) is 10.4. The maximum atomic E-state index is 12.5. The Morgan fingerprint density at radius 3 is 2.62 bits per heavy atom. The Labute approximate surface area is 140 Å². The largest absolute Gasteiger partial charge is 0.467 e. The van der Waals surface area contributed by atoms with E-state index in [1.54, 1.807) is 42.5 Å². The molecule has 0 saturated heterocycles. The molecule has 6 heteroatoms. The third kappa shape index (κ3) is 3.07. The molecule has 1 atom stereocenters. The highest BCUT2D eigenvalue weighted by Gasteiger charge is 2.10. The topological polar surface area (TPSA) is 39.4 Å². The highest BCUT2D eigenvalue weighted by Crippen LogP contribution is 2.29. The van der Waals surface area contributed by atoms with Crippen molar-refractivity contribution in [1.82, 2.24) is 0 Å². The first kappa shape index (κ1) is 14.8. The zero-order valence-corrected chi connectivity index (χ0v) is 14.5. The maximum absolute atomic E-state index is 12.5. The van der Waals surface area contributed by atoms with Crippen LogP contribution in [0.25, 0.3) is 22.1 Å². The fourth-order valence-corrected chi connectivity index (χ4v) is 3.15. The minimum atomic E-state index is -0.0676. The van der Waals surface area contributed by atoms with Crippen molar-refractivity contribution < 1.29 is 8.94 Å². The molecular weight excluding hydrogens is 421 g/mol. The van der Waals surface area contributed by atoms with Crippen LogP contribution in [0.3, 0.4) is 0 Å². The van der Waals surface area contributed by atoms with Gasteiger partial charge in [0.05, 0.1) is 10.9 Å². The van der Waals surface area contributed by atoms with Crippen molar-refractivity contribution in [2.45, 2.75) is 0 Å². The summed E-state index contributed by atoms with van der Waals surface area (Å²) in [7, 11) is 0. The van der Waals surface area contributed by atoms with Crippen molar-refractivity contribution in [3.05, 3.63) is 64.0 Å². The molecule has 3 aromatic rings. The lowest BCUT2D eigenvalue weighted by Crippen LogP contribution is -2.04. The average molecular weight is 431 g/mol. The zero-order valence-electron chi connectivity index (χ0n) is 10.6. The van der Waals surface area contributed by atoms with Gasteiger partial charge in [0.25, 0.3) is 0 Å². The number of benzene rings is 2. The SMILES string of the molecule is O=c1c(-c2ccc(Cl)cc2)coc2cc(OPI)ccc12. The van der Waals surface area contributed by atoms with Gasteiger partial charge in [-0.25, -0.2) is 0 Å². The van der Waals surface area contributed by atoms with Crippen LogP contribution in [0.15, 0.2) is 57.9 Å². The lowest BCUT2D eigenvalue weighted by atomic mass is 10.1. The van der Waals surface area contributed by atoms with Gasteiger partial charge in [0, 0.05) is 11.1 Å². The molecule has 0 N–H and O–H groups in total. The molecule has 0 saturated carbocycles. The number of fused-ring (bicyclic) bond motifs is 1. The molecule has 3 rings (SSSR count). The molecule has 1 unspecified atom stereocenters. The van der Waals surface area contributed by atoms with Crippen molar-refractivity contribution in [1.29, 1.82) is 0 Å². The Bertz CT molecular complexity index is 846. The Morgan fingerprint density at radius 2 is 1.90 bits per heavy atom. The highest BCUT2D eigenvalue weighted by atomic mass is 127. The second kappa shape index (κ2) is 6.34. The molecule has 21 heavy (non-hydrogen) atoms. The molecule has 2 aromatic carbocycles. The van der Waals surface area contributed by atoms with E-state index in [-0.39, 0.29) is 5.43 Å². The molecular formula is C15H9ClIO3P. The minimum Gasteiger partial charge on any atom is -0.467 e. The van der Waals surface area contributed by atoms with Gasteiger partial charge in [-0.1, -0.05) is 23.7 Å². The average Bonchev–Trinajstić information content (AvgIpc) is 2.49. The van der Waals surface area contributed by atoms with Crippen molar-refractivity contribution in [3.63, 3.8) is 0 Å². The maximum Gasteiger partial charge on any atom is 0.200 e. The van der Waals surface area contributed by atoms with Crippen LogP contribution in [0.5, 0.6) is 5.75 Å². The first-order chi connectivity index (χ1) is 10.2. The Morgan fingerprint density at radius 1 is 1.14 bits per heavy atom. The molecule has 0 aliphatic heterocycles. The summed E-state index contributed by atoms with van der Waals surface area (Å²) in [4.78, 5) is 12.5. The van der Waals surface area contributed by atoms with Crippen LogP contribution in [0.4, 0.5) is 0 Å². The molecule has 1 aromatic heterocycles. The van der Waals surface area contributed by atoms with E-state index in [4.69, 9.17) is 20.5 Å². The molecule has 0 aliphatic rings. The third-order valence-electron chi connectivity index (χ3n) is 3.06. The van der Waals surface area contributed by atoms with E-state index < -0.39 is 0 Å². The minimum absolute atomic E-state index is 0.0676. The lowest BCUT2D eigenvalue weighted by molar-refractivity contribution is 0.597. The van der Waals surface area contributed by atoms with E-state index in [9.17, 15) is 4.79 Å². The molecule has 0 spiro atoms. The molecule has 0 radical (unpaired) electrons. The predicted octanol–water partition coefficient (Wildman–Crippen LogP) is 5.44. The van der Waals surface area contributed by atoms with Crippen LogP contribution in [0.2, 0.25) is 5.02 Å². The van der Waals surface area contributed by atoms with Gasteiger partial charge >= 0.3 is 0 Å². The summed E-state index contributed by atoms with van der Waals surface area (Å²) in [5, 5.41) is 1.16. The summed E-state index contributed by atoms with van der Waals surface area (Å²) in [6.45, 7) is 0.315. The van der Waals surface area contributed by atoms with Crippen LogP contribution in [-0.4, -0.2) is 0 Å². The zero-order chi connectivity index (χ0) is 14.8. The van der Waals surface area contributed by atoms with E-state index >= 15 is 0 Å². The second-order valence-corrected chi connectivity index (χ2v) is 6.44. The summed E-state index contributed by atoms with van der Waals surface area (Å²) < 4.78 is 11.0. The van der Waals surface area contributed by atoms with Crippen LogP contribution < -0.4 is 9.95 Å². The summed E-state index contributed by atoms with van der Waals surface area (Å²) in [6, 6.07) is 12.3. The molecule has 1 heterocycles. The van der Waals surface area contributed by atoms with Gasteiger partial charge in [-0.3, -0.25) is 4.79 Å². The normalized spacial score (nSPS) is 11.3. The van der Waals surface area contributed by atoms with E-state index in [0.29, 0.717) is 33.8 Å². The molecule has 0 bridgehead atoms. The molecule has 3 nitrogen and oxygen atoms in total. The molecule has 0 fully saturated rings. The number of hydrogen-bond donors (Lipinski definition) is 0. The van der Waals surface area contributed by atoms with Crippen molar-refractivity contribution in [2.24, 2.45) is 0 Å². The second-order valence-electron chi connectivity index (χ2n) is 4.32. The molecule has 0 amide bonds. The third-order valence-corrected chi connectivity index (χ3v) is 4.28. The number of hydrogen-bond acceptors (Lipinski definition) is 3. The van der Waals surface area contributed by atoms with E-state index in [1.165, 1.54) is 6.26 Å². The first-order valence-electron chi connectivity index (χ1n) is 6.03. The fourth-order valence-electron chi connectivity index (χ4n) is 2.05. The smallest absolute Gasteiger partial charge is 0.200 e. The van der Waals surface area contributed by atoms with Crippen LogP contribution >= 0.6 is 40.1 Å². The van der Waals surface area contributed by atoms with Gasteiger partial charge in [0.2, 0.25) is 0 Å². The van der Waals surface area contributed by atoms with E-state index in [2.05, 4.69) is 22.0 Å². The Balaban J connectivity index is 2.14. The Hall–Kier alpha value is -1.10. The molecule has 0 aliphatic carbocycles. The van der Waals surface area contributed by atoms with Gasteiger partial charge in [-0.05, 0) is 51.9 Å². The Kier molecular flexibility index (Phi) is 4.48. The van der Waals surface area contributed by atoms with Gasteiger partial charge in [0.15, 0.2) is 5.43 Å². The quantitative estimate of drug-likeness (QED) is 0.411. The summed E-state index contributed by atoms with van der Waals surface area (Å²) in [5.74, 6) is 0.692. The number of rotatable bonds is 3. The number of halogens is 2. The van der Waals surface area contributed by atoms with Crippen molar-refractivity contribution in [2.75, 3.05) is 0 Å². The van der Waals surface area contributed by atoms with Crippen molar-refractivity contribution in [3.8, 4) is 16.9 Å². The predicted molar refractivity (Wildman–Crippen MR) is 95.9 cm³/mol. The van der Waals surface area contributed by atoms with E-state index in [0.717, 1.165) is 5.56 Å². The summed E-state index contributed by atoms with van der Waals surface area (Å²) in [5.41, 5.74) is 1.75. The van der Waals surface area contributed by atoms with E-state index in [1.807, 2.05) is 0 Å². The summed E-state index contributed by atoms with van der Waals surface area (Å²) >= 11 is 8.01. The standard InChI is InChI=1S/C15H9ClIO3P/c16-10-3-1-9(2-4-10)13-8-19-14-7-11(20-21-17)5-6-12(14)15(13)18/h1-8,21H. The van der Waals surface area contributed by atoms with Crippen LogP contribution in [0, 0.1) is 0 Å². The van der Waals surface area contributed by atoms with Gasteiger partial charge < -0.3 is 8.94 Å². The fraction of sp³-hybridized carbons (Fsp3) is 0. The van der Waals surface area contributed by atoms with Crippen molar-refractivity contribution >= 4 is 51.1 Å². The van der Waals surface area contributed by atoms with Gasteiger partial charge in [-0.2, -0.15) is 0 Å². The van der Waals surface area contributed by atoms with Crippen LogP contribution in [-0.2, 0) is 0 Å². The van der Waals surface area contributed by atoms with Crippen LogP contribution in [0.1, 0.15) is 0 Å².